The molecule has 3 saturated heterocycles. The molecule has 0 aliphatic carbocycles. The second-order valence-corrected chi connectivity index (χ2v) is 8.00. The summed E-state index contributed by atoms with van der Waals surface area (Å²) in [6, 6.07) is 4.13. The van der Waals surface area contributed by atoms with Crippen LogP contribution in [0.3, 0.4) is 0 Å². The van der Waals surface area contributed by atoms with Gasteiger partial charge in [-0.3, -0.25) is 4.90 Å². The van der Waals surface area contributed by atoms with E-state index in [9.17, 15) is 0 Å². The first kappa shape index (κ1) is 17.5. The van der Waals surface area contributed by atoms with Crippen molar-refractivity contribution in [3.63, 3.8) is 0 Å². The molecule has 5 heteroatoms. The first-order valence-electron chi connectivity index (χ1n) is 9.82. The Bertz CT molecular complexity index is 544. The number of hydrogen-bond acceptors (Lipinski definition) is 5. The predicted molar refractivity (Wildman–Crippen MR) is 94.5 cm³/mol. The van der Waals surface area contributed by atoms with Crippen molar-refractivity contribution in [3.8, 4) is 0 Å². The topological polar surface area (TPSA) is 44.1 Å². The quantitative estimate of drug-likeness (QED) is 0.817. The Morgan fingerprint density at radius 3 is 2.72 bits per heavy atom. The summed E-state index contributed by atoms with van der Waals surface area (Å²) in [5.74, 6) is 2.73. The third kappa shape index (κ3) is 4.45. The number of furan rings is 1. The molecule has 4 rings (SSSR count). The highest BCUT2D eigenvalue weighted by atomic mass is 16.6. The Labute approximate surface area is 150 Å². The standard InChI is InChI=1S/C20H31NO4/c1-16-2-3-18(25-16)13-21-8-6-20(7-9-21)12-19(15-24-20)23-14-17-4-10-22-11-5-17/h2-3,17,19H,4-15H2,1H3/t19-/m1/s1. The zero-order valence-electron chi connectivity index (χ0n) is 15.4. The molecule has 5 nitrogen and oxygen atoms in total. The van der Waals surface area contributed by atoms with E-state index in [1.807, 2.05) is 13.0 Å². The lowest BCUT2D eigenvalue weighted by molar-refractivity contribution is -0.0486. The Balaban J connectivity index is 1.20. The first-order chi connectivity index (χ1) is 12.2. The Morgan fingerprint density at radius 1 is 1.20 bits per heavy atom. The van der Waals surface area contributed by atoms with E-state index in [4.69, 9.17) is 18.6 Å². The third-order valence-corrected chi connectivity index (χ3v) is 6.03. The van der Waals surface area contributed by atoms with Crippen LogP contribution in [0.1, 0.15) is 43.6 Å². The highest BCUT2D eigenvalue weighted by Crippen LogP contribution is 2.37. The fraction of sp³-hybridized carbons (Fsp3) is 0.800. The van der Waals surface area contributed by atoms with Gasteiger partial charge in [-0.05, 0) is 50.7 Å². The summed E-state index contributed by atoms with van der Waals surface area (Å²) in [5.41, 5.74) is 0.0515. The molecule has 1 aromatic heterocycles. The van der Waals surface area contributed by atoms with Crippen molar-refractivity contribution >= 4 is 0 Å². The lowest BCUT2D eigenvalue weighted by Gasteiger charge is -2.38. The molecule has 0 bridgehead atoms. The normalized spacial score (nSPS) is 28.0. The van der Waals surface area contributed by atoms with Gasteiger partial charge in [0.2, 0.25) is 0 Å². The van der Waals surface area contributed by atoms with Crippen LogP contribution in [0.5, 0.6) is 0 Å². The van der Waals surface area contributed by atoms with Crippen LogP contribution in [0.25, 0.3) is 0 Å². The van der Waals surface area contributed by atoms with Crippen LogP contribution in [0.2, 0.25) is 0 Å². The average Bonchev–Trinajstić information content (AvgIpc) is 3.23. The lowest BCUT2D eigenvalue weighted by Crippen LogP contribution is -2.43. The summed E-state index contributed by atoms with van der Waals surface area (Å²) in [6.45, 7) is 8.49. The summed E-state index contributed by atoms with van der Waals surface area (Å²) in [5, 5.41) is 0. The van der Waals surface area contributed by atoms with Gasteiger partial charge in [0.25, 0.3) is 0 Å². The Hall–Kier alpha value is -0.880. The number of piperidine rings is 1. The van der Waals surface area contributed by atoms with Gasteiger partial charge in [-0.25, -0.2) is 0 Å². The van der Waals surface area contributed by atoms with E-state index in [1.54, 1.807) is 0 Å². The zero-order valence-corrected chi connectivity index (χ0v) is 15.4. The third-order valence-electron chi connectivity index (χ3n) is 6.03. The maximum atomic E-state index is 6.24. The van der Waals surface area contributed by atoms with Crippen molar-refractivity contribution in [1.29, 1.82) is 0 Å². The molecule has 0 saturated carbocycles. The SMILES string of the molecule is Cc1ccc(CN2CCC3(CC2)C[C@@H](OCC2CCOCC2)CO3)o1. The van der Waals surface area contributed by atoms with E-state index in [1.165, 1.54) is 0 Å². The molecule has 4 heterocycles. The van der Waals surface area contributed by atoms with Crippen molar-refractivity contribution in [2.24, 2.45) is 5.92 Å². The minimum Gasteiger partial charge on any atom is -0.465 e. The van der Waals surface area contributed by atoms with Gasteiger partial charge in [-0.1, -0.05) is 0 Å². The minimum atomic E-state index is 0.0515. The number of rotatable bonds is 5. The van der Waals surface area contributed by atoms with E-state index in [0.29, 0.717) is 5.92 Å². The maximum absolute atomic E-state index is 6.24. The molecular formula is C20H31NO4. The van der Waals surface area contributed by atoms with E-state index in [-0.39, 0.29) is 11.7 Å². The van der Waals surface area contributed by atoms with E-state index < -0.39 is 0 Å². The number of likely N-dealkylation sites (tertiary alicyclic amines) is 1. The Morgan fingerprint density at radius 2 is 2.00 bits per heavy atom. The molecule has 0 unspecified atom stereocenters. The van der Waals surface area contributed by atoms with Crippen LogP contribution < -0.4 is 0 Å². The molecule has 0 aromatic carbocycles. The van der Waals surface area contributed by atoms with Crippen LogP contribution in [0.15, 0.2) is 16.5 Å². The van der Waals surface area contributed by atoms with Gasteiger partial charge in [-0.15, -0.1) is 0 Å². The van der Waals surface area contributed by atoms with Crippen molar-refractivity contribution < 1.29 is 18.6 Å². The molecule has 1 atom stereocenters. The number of ether oxygens (including phenoxy) is 3. The summed E-state index contributed by atoms with van der Waals surface area (Å²) in [6.07, 6.45) is 5.82. The van der Waals surface area contributed by atoms with Gasteiger partial charge >= 0.3 is 0 Å². The molecule has 0 N–H and O–H groups in total. The molecular weight excluding hydrogens is 318 g/mol. The molecule has 0 radical (unpaired) electrons. The van der Waals surface area contributed by atoms with Gasteiger partial charge in [0.15, 0.2) is 0 Å². The molecule has 1 aromatic rings. The van der Waals surface area contributed by atoms with Crippen LogP contribution in [-0.2, 0) is 20.8 Å². The Kier molecular flexibility index (Phi) is 5.46. The molecule has 0 amide bonds. The first-order valence-corrected chi connectivity index (χ1v) is 9.82. The highest BCUT2D eigenvalue weighted by Gasteiger charge is 2.43. The summed E-state index contributed by atoms with van der Waals surface area (Å²) < 4.78 is 23.6. The van der Waals surface area contributed by atoms with Crippen LogP contribution >= 0.6 is 0 Å². The van der Waals surface area contributed by atoms with E-state index in [2.05, 4.69) is 11.0 Å². The van der Waals surface area contributed by atoms with Crippen LogP contribution in [-0.4, -0.2) is 56.1 Å². The largest absolute Gasteiger partial charge is 0.465 e. The number of aryl methyl sites for hydroxylation is 1. The average molecular weight is 349 g/mol. The lowest BCUT2D eigenvalue weighted by atomic mass is 9.88. The van der Waals surface area contributed by atoms with Gasteiger partial charge in [-0.2, -0.15) is 0 Å². The van der Waals surface area contributed by atoms with Crippen LogP contribution in [0, 0.1) is 12.8 Å². The van der Waals surface area contributed by atoms with Crippen LogP contribution in [0.4, 0.5) is 0 Å². The number of nitrogens with zero attached hydrogens (tertiary/aromatic N) is 1. The summed E-state index contributed by atoms with van der Waals surface area (Å²) in [7, 11) is 0. The van der Waals surface area contributed by atoms with E-state index in [0.717, 1.165) is 89.7 Å². The minimum absolute atomic E-state index is 0.0515. The molecule has 3 aliphatic heterocycles. The molecule has 1 spiro atoms. The monoisotopic (exact) mass is 349 g/mol. The van der Waals surface area contributed by atoms with Gasteiger partial charge in [0, 0.05) is 32.7 Å². The van der Waals surface area contributed by atoms with Crippen molar-refractivity contribution in [1.82, 2.24) is 4.90 Å². The van der Waals surface area contributed by atoms with E-state index >= 15 is 0 Å². The highest BCUT2D eigenvalue weighted by molar-refractivity contribution is 5.06. The molecule has 140 valence electrons. The van der Waals surface area contributed by atoms with Gasteiger partial charge < -0.3 is 18.6 Å². The fourth-order valence-corrected chi connectivity index (χ4v) is 4.35. The van der Waals surface area contributed by atoms with Gasteiger partial charge in [0.05, 0.1) is 31.5 Å². The zero-order chi connectivity index (χ0) is 17.1. The van der Waals surface area contributed by atoms with Crippen molar-refractivity contribution in [2.45, 2.75) is 57.3 Å². The molecule has 3 fully saturated rings. The number of hydrogen-bond donors (Lipinski definition) is 0. The summed E-state index contributed by atoms with van der Waals surface area (Å²) >= 11 is 0. The smallest absolute Gasteiger partial charge is 0.118 e. The molecule has 25 heavy (non-hydrogen) atoms. The predicted octanol–water partition coefficient (Wildman–Crippen LogP) is 3.15. The second-order valence-electron chi connectivity index (χ2n) is 8.00. The molecule has 3 aliphatic rings. The van der Waals surface area contributed by atoms with Crippen molar-refractivity contribution in [3.05, 3.63) is 23.7 Å². The van der Waals surface area contributed by atoms with Gasteiger partial charge in [0.1, 0.15) is 11.5 Å². The fourth-order valence-electron chi connectivity index (χ4n) is 4.35. The maximum Gasteiger partial charge on any atom is 0.118 e. The second kappa shape index (κ2) is 7.78. The van der Waals surface area contributed by atoms with Crippen molar-refractivity contribution in [2.75, 3.05) is 39.5 Å². The summed E-state index contributed by atoms with van der Waals surface area (Å²) in [4.78, 5) is 2.48.